The molecule has 2 amide bonds. The smallest absolute Gasteiger partial charge is 0.252 e. The summed E-state index contributed by atoms with van der Waals surface area (Å²) < 4.78 is 13.9. The van der Waals surface area contributed by atoms with Gasteiger partial charge in [0.1, 0.15) is 5.82 Å². The standard InChI is InChI=1S/C21H27FN4O2/c1-3-26(4-2)20(27)14-25-11-8-15(9-12-25)24-21(28)17-5-6-19(22)16-7-10-23-13-18(16)17/h5-7,10,13,15H,3-4,8-9,11-12,14H2,1-2H3,(H,24,28). The number of hydrogen-bond donors (Lipinski definition) is 1. The van der Waals surface area contributed by atoms with Gasteiger partial charge in [0.2, 0.25) is 5.91 Å². The summed E-state index contributed by atoms with van der Waals surface area (Å²) in [5, 5.41) is 3.97. The molecular weight excluding hydrogens is 359 g/mol. The van der Waals surface area contributed by atoms with Crippen LogP contribution in [0.3, 0.4) is 0 Å². The van der Waals surface area contributed by atoms with Crippen LogP contribution in [0.2, 0.25) is 0 Å². The molecule has 1 aliphatic heterocycles. The number of nitrogens with zero attached hydrogens (tertiary/aromatic N) is 3. The molecule has 28 heavy (non-hydrogen) atoms. The zero-order chi connectivity index (χ0) is 20.1. The minimum Gasteiger partial charge on any atom is -0.349 e. The van der Waals surface area contributed by atoms with Crippen molar-refractivity contribution in [2.45, 2.75) is 32.7 Å². The van der Waals surface area contributed by atoms with Gasteiger partial charge in [0.25, 0.3) is 5.91 Å². The van der Waals surface area contributed by atoms with E-state index in [1.165, 1.54) is 24.5 Å². The number of aromatic nitrogens is 1. The fourth-order valence-electron chi connectivity index (χ4n) is 3.72. The lowest BCUT2D eigenvalue weighted by Crippen LogP contribution is -2.48. The molecule has 3 rings (SSSR count). The third kappa shape index (κ3) is 4.47. The molecule has 0 atom stereocenters. The van der Waals surface area contributed by atoms with Gasteiger partial charge in [-0.3, -0.25) is 19.5 Å². The first kappa shape index (κ1) is 20.2. The third-order valence-corrected chi connectivity index (χ3v) is 5.41. The van der Waals surface area contributed by atoms with Gasteiger partial charge in [0, 0.05) is 61.0 Å². The van der Waals surface area contributed by atoms with Crippen LogP contribution in [0.1, 0.15) is 37.0 Å². The Morgan fingerprint density at radius 1 is 1.18 bits per heavy atom. The Morgan fingerprint density at radius 2 is 1.89 bits per heavy atom. The highest BCUT2D eigenvalue weighted by Gasteiger charge is 2.24. The van der Waals surface area contributed by atoms with Crippen LogP contribution in [0.25, 0.3) is 10.8 Å². The maximum Gasteiger partial charge on any atom is 0.252 e. The number of carbonyl (C=O) groups excluding carboxylic acids is 2. The van der Waals surface area contributed by atoms with Gasteiger partial charge < -0.3 is 10.2 Å². The maximum atomic E-state index is 13.9. The first-order valence-electron chi connectivity index (χ1n) is 9.86. The molecule has 1 aromatic carbocycles. The molecule has 0 spiro atoms. The minimum absolute atomic E-state index is 0.0454. The fraction of sp³-hybridized carbons (Fsp3) is 0.476. The van der Waals surface area contributed by atoms with Crippen molar-refractivity contribution in [3.63, 3.8) is 0 Å². The number of fused-ring (bicyclic) bond motifs is 1. The lowest BCUT2D eigenvalue weighted by atomic mass is 10.0. The Bertz CT molecular complexity index is 845. The van der Waals surface area contributed by atoms with E-state index < -0.39 is 0 Å². The zero-order valence-electron chi connectivity index (χ0n) is 16.4. The molecule has 0 aliphatic carbocycles. The lowest BCUT2D eigenvalue weighted by Gasteiger charge is -2.33. The van der Waals surface area contributed by atoms with E-state index in [1.54, 1.807) is 6.07 Å². The zero-order valence-corrected chi connectivity index (χ0v) is 16.4. The third-order valence-electron chi connectivity index (χ3n) is 5.41. The van der Waals surface area contributed by atoms with Crippen LogP contribution < -0.4 is 5.32 Å². The summed E-state index contributed by atoms with van der Waals surface area (Å²) in [6.45, 7) is 7.38. The van der Waals surface area contributed by atoms with Gasteiger partial charge in [-0.2, -0.15) is 0 Å². The predicted octanol–water partition coefficient (Wildman–Crippen LogP) is 2.44. The van der Waals surface area contributed by atoms with E-state index in [0.717, 1.165) is 39.0 Å². The Morgan fingerprint density at radius 3 is 2.57 bits per heavy atom. The van der Waals surface area contributed by atoms with Crippen molar-refractivity contribution in [2.24, 2.45) is 0 Å². The minimum atomic E-state index is -0.361. The van der Waals surface area contributed by atoms with Gasteiger partial charge >= 0.3 is 0 Å². The van der Waals surface area contributed by atoms with Crippen LogP contribution in [-0.2, 0) is 4.79 Å². The van der Waals surface area contributed by atoms with E-state index in [-0.39, 0.29) is 23.7 Å². The average molecular weight is 386 g/mol. The van der Waals surface area contributed by atoms with E-state index in [2.05, 4.69) is 15.2 Å². The van der Waals surface area contributed by atoms with E-state index >= 15 is 0 Å². The molecule has 7 heteroatoms. The van der Waals surface area contributed by atoms with Crippen LogP contribution in [0.15, 0.2) is 30.6 Å². The first-order valence-corrected chi connectivity index (χ1v) is 9.86. The highest BCUT2D eigenvalue weighted by molar-refractivity contribution is 6.07. The first-order chi connectivity index (χ1) is 13.5. The van der Waals surface area contributed by atoms with Gasteiger partial charge in [-0.15, -0.1) is 0 Å². The van der Waals surface area contributed by atoms with Crippen molar-refractivity contribution in [2.75, 3.05) is 32.7 Å². The van der Waals surface area contributed by atoms with Crippen LogP contribution in [-0.4, -0.2) is 65.4 Å². The summed E-state index contributed by atoms with van der Waals surface area (Å²) in [7, 11) is 0. The number of rotatable bonds is 6. The molecule has 1 saturated heterocycles. The fourth-order valence-corrected chi connectivity index (χ4v) is 3.72. The molecule has 150 valence electrons. The number of likely N-dealkylation sites (tertiary alicyclic amines) is 1. The number of piperidine rings is 1. The monoisotopic (exact) mass is 386 g/mol. The molecule has 6 nitrogen and oxygen atoms in total. The van der Waals surface area contributed by atoms with Gasteiger partial charge in [-0.05, 0) is 44.9 Å². The summed E-state index contributed by atoms with van der Waals surface area (Å²) in [4.78, 5) is 33.0. The predicted molar refractivity (Wildman–Crippen MR) is 107 cm³/mol. The van der Waals surface area contributed by atoms with Gasteiger partial charge in [0.15, 0.2) is 0 Å². The van der Waals surface area contributed by atoms with Crippen molar-refractivity contribution in [1.82, 2.24) is 20.1 Å². The molecule has 2 heterocycles. The molecule has 0 bridgehead atoms. The summed E-state index contributed by atoms with van der Waals surface area (Å²) >= 11 is 0. The van der Waals surface area contributed by atoms with Crippen LogP contribution in [0.4, 0.5) is 4.39 Å². The maximum absolute atomic E-state index is 13.9. The Kier molecular flexibility index (Phi) is 6.57. The number of likely N-dealkylation sites (N-methyl/N-ethyl adjacent to an activating group) is 1. The summed E-state index contributed by atoms with van der Waals surface area (Å²) in [6.07, 6.45) is 4.61. The van der Waals surface area contributed by atoms with E-state index in [0.29, 0.717) is 22.9 Å². The van der Waals surface area contributed by atoms with Crippen LogP contribution in [0.5, 0.6) is 0 Å². The van der Waals surface area contributed by atoms with Crippen molar-refractivity contribution in [3.8, 4) is 0 Å². The van der Waals surface area contributed by atoms with E-state index in [9.17, 15) is 14.0 Å². The van der Waals surface area contributed by atoms with Crippen LogP contribution >= 0.6 is 0 Å². The normalized spacial score (nSPS) is 15.5. The number of benzene rings is 1. The Balaban J connectivity index is 1.58. The molecule has 0 radical (unpaired) electrons. The Hall–Kier alpha value is -2.54. The van der Waals surface area contributed by atoms with Crippen molar-refractivity contribution in [3.05, 3.63) is 42.0 Å². The second-order valence-electron chi connectivity index (χ2n) is 7.11. The van der Waals surface area contributed by atoms with Gasteiger partial charge in [-0.25, -0.2) is 4.39 Å². The van der Waals surface area contributed by atoms with Gasteiger partial charge in [-0.1, -0.05) is 0 Å². The average Bonchev–Trinajstić information content (AvgIpc) is 2.71. The SMILES string of the molecule is CCN(CC)C(=O)CN1CCC(NC(=O)c2ccc(F)c3ccncc23)CC1. The topological polar surface area (TPSA) is 65.5 Å². The highest BCUT2D eigenvalue weighted by Crippen LogP contribution is 2.21. The summed E-state index contributed by atoms with van der Waals surface area (Å²) in [5.41, 5.74) is 0.434. The largest absolute Gasteiger partial charge is 0.349 e. The molecule has 1 aromatic heterocycles. The molecule has 0 unspecified atom stereocenters. The van der Waals surface area contributed by atoms with Crippen LogP contribution in [0, 0.1) is 5.82 Å². The van der Waals surface area contributed by atoms with Crippen molar-refractivity contribution < 1.29 is 14.0 Å². The molecule has 0 saturated carbocycles. The van der Waals surface area contributed by atoms with E-state index in [4.69, 9.17) is 0 Å². The molecule has 1 fully saturated rings. The highest BCUT2D eigenvalue weighted by atomic mass is 19.1. The van der Waals surface area contributed by atoms with Gasteiger partial charge in [0.05, 0.1) is 6.54 Å². The lowest BCUT2D eigenvalue weighted by molar-refractivity contribution is -0.132. The Labute approximate surface area is 164 Å². The summed E-state index contributed by atoms with van der Waals surface area (Å²) in [5.74, 6) is -0.423. The molecule has 1 N–H and O–H groups in total. The molecule has 1 aliphatic rings. The van der Waals surface area contributed by atoms with Crippen molar-refractivity contribution >= 4 is 22.6 Å². The number of hydrogen-bond acceptors (Lipinski definition) is 4. The quantitative estimate of drug-likeness (QED) is 0.828. The molecular formula is C21H27FN4O2. The number of amides is 2. The second-order valence-corrected chi connectivity index (χ2v) is 7.11. The number of carbonyl (C=O) groups is 2. The number of halogens is 1. The van der Waals surface area contributed by atoms with E-state index in [1.807, 2.05) is 18.7 Å². The molecule has 2 aromatic rings. The number of pyridine rings is 1. The second kappa shape index (κ2) is 9.10. The summed E-state index contributed by atoms with van der Waals surface area (Å²) in [6, 6.07) is 4.45. The van der Waals surface area contributed by atoms with Crippen molar-refractivity contribution in [1.29, 1.82) is 0 Å². The number of nitrogens with one attached hydrogen (secondary N) is 1.